The Kier molecular flexibility index (Phi) is 7.94. The Morgan fingerprint density at radius 2 is 1.94 bits per heavy atom. The third-order valence-electron chi connectivity index (χ3n) is 6.27. The fourth-order valence-corrected chi connectivity index (χ4v) is 4.48. The van der Waals surface area contributed by atoms with Crippen LogP contribution in [-0.2, 0) is 9.53 Å². The van der Waals surface area contributed by atoms with Crippen molar-refractivity contribution in [1.82, 2.24) is 10.6 Å². The Morgan fingerprint density at radius 3 is 2.53 bits per heavy atom. The predicted octanol–water partition coefficient (Wildman–Crippen LogP) is 5.36. The number of ether oxygens (including phenoxy) is 1. The highest BCUT2D eigenvalue weighted by Gasteiger charge is 2.33. The van der Waals surface area contributed by atoms with Crippen molar-refractivity contribution >= 4 is 35.0 Å². The van der Waals surface area contributed by atoms with Crippen molar-refractivity contribution in [2.45, 2.75) is 38.1 Å². The molecule has 0 saturated carbocycles. The maximum Gasteiger partial charge on any atom is 0.290 e. The number of hydrogen-bond donors (Lipinski definition) is 2. The van der Waals surface area contributed by atoms with Gasteiger partial charge in [0.1, 0.15) is 17.4 Å². The van der Waals surface area contributed by atoms with Gasteiger partial charge in [0, 0.05) is 47.7 Å². The van der Waals surface area contributed by atoms with Crippen LogP contribution in [0.5, 0.6) is 0 Å². The largest absolute Gasteiger partial charge is 0.426 e. The van der Waals surface area contributed by atoms with Crippen molar-refractivity contribution in [3.8, 4) is 0 Å². The zero-order valence-corrected chi connectivity index (χ0v) is 21.0. The summed E-state index contributed by atoms with van der Waals surface area (Å²) in [5.74, 6) is -2.06. The lowest BCUT2D eigenvalue weighted by Gasteiger charge is -2.41. The van der Waals surface area contributed by atoms with Crippen molar-refractivity contribution in [2.75, 3.05) is 25.0 Å². The van der Waals surface area contributed by atoms with Crippen molar-refractivity contribution in [3.63, 3.8) is 0 Å². The molecule has 6 nitrogen and oxygen atoms in total. The van der Waals surface area contributed by atoms with E-state index in [0.29, 0.717) is 54.1 Å². The van der Waals surface area contributed by atoms with Gasteiger partial charge < -0.3 is 20.3 Å². The predicted molar refractivity (Wildman–Crippen MR) is 139 cm³/mol. The van der Waals surface area contributed by atoms with Crippen LogP contribution >= 0.6 is 11.6 Å². The van der Waals surface area contributed by atoms with Gasteiger partial charge in [0.25, 0.3) is 6.02 Å². The minimum Gasteiger partial charge on any atom is -0.426 e. The number of carbonyl (C=O) groups is 1. The minimum absolute atomic E-state index is 0.0160. The molecule has 2 saturated heterocycles. The number of nitrogens with zero attached hydrogens (tertiary/aromatic N) is 2. The molecule has 0 aromatic heterocycles. The first-order valence-corrected chi connectivity index (χ1v) is 12.3. The van der Waals surface area contributed by atoms with Gasteiger partial charge in [-0.1, -0.05) is 25.1 Å². The molecular formula is C27H29ClF2N4O2. The van der Waals surface area contributed by atoms with E-state index in [2.05, 4.69) is 22.2 Å². The van der Waals surface area contributed by atoms with Gasteiger partial charge in [-0.05, 0) is 61.7 Å². The highest BCUT2D eigenvalue weighted by atomic mass is 35.5. The van der Waals surface area contributed by atoms with Crippen molar-refractivity contribution in [1.29, 1.82) is 0 Å². The van der Waals surface area contributed by atoms with E-state index in [1.54, 1.807) is 19.2 Å². The summed E-state index contributed by atoms with van der Waals surface area (Å²) < 4.78 is 35.9. The summed E-state index contributed by atoms with van der Waals surface area (Å²) in [7, 11) is 1.63. The van der Waals surface area contributed by atoms with Gasteiger partial charge in [0.15, 0.2) is 0 Å². The molecule has 2 aliphatic heterocycles. The van der Waals surface area contributed by atoms with E-state index in [1.807, 2.05) is 30.0 Å². The number of carbonyl (C=O) groups excluding carboxylic acids is 1. The van der Waals surface area contributed by atoms with Crippen LogP contribution in [0.3, 0.4) is 0 Å². The van der Waals surface area contributed by atoms with E-state index in [1.165, 1.54) is 12.1 Å². The Balaban J connectivity index is 1.38. The number of halogens is 3. The number of rotatable bonds is 6. The van der Waals surface area contributed by atoms with E-state index >= 15 is 0 Å². The number of nitrogens with one attached hydrogen (secondary N) is 2. The van der Waals surface area contributed by atoms with Crippen LogP contribution < -0.4 is 15.5 Å². The molecule has 36 heavy (non-hydrogen) atoms. The highest BCUT2D eigenvalue weighted by Crippen LogP contribution is 2.34. The molecule has 190 valence electrons. The molecule has 2 aliphatic rings. The van der Waals surface area contributed by atoms with Gasteiger partial charge in [-0.2, -0.15) is 0 Å². The van der Waals surface area contributed by atoms with Gasteiger partial charge >= 0.3 is 0 Å². The average Bonchev–Trinajstić information content (AvgIpc) is 2.81. The van der Waals surface area contributed by atoms with E-state index in [4.69, 9.17) is 16.3 Å². The summed E-state index contributed by atoms with van der Waals surface area (Å²) in [5, 5.41) is 6.47. The fraction of sp³-hybridized carbons (Fsp3) is 0.333. The topological polar surface area (TPSA) is 66.0 Å². The first kappa shape index (κ1) is 25.7. The Labute approximate surface area is 214 Å². The van der Waals surface area contributed by atoms with E-state index in [9.17, 15) is 13.6 Å². The lowest BCUT2D eigenvalue weighted by Crippen LogP contribution is -2.59. The van der Waals surface area contributed by atoms with Gasteiger partial charge in [0.2, 0.25) is 5.91 Å². The summed E-state index contributed by atoms with van der Waals surface area (Å²) in [6.45, 7) is 6.75. The number of amidine groups is 1. The molecule has 2 aromatic rings. The van der Waals surface area contributed by atoms with E-state index < -0.39 is 23.5 Å². The molecule has 0 radical (unpaired) electrons. The van der Waals surface area contributed by atoms with E-state index in [-0.39, 0.29) is 11.6 Å². The first-order chi connectivity index (χ1) is 17.3. The fourth-order valence-electron chi connectivity index (χ4n) is 4.35. The van der Waals surface area contributed by atoms with Gasteiger partial charge in [-0.3, -0.25) is 4.79 Å². The SMILES string of the molecule is C=C1CCC(c2c(F)cc(N3CC(NC(=NC)O/C(=C/CC)c4ccc(Cl)cc4)C3)cc2F)C(=O)N1. The van der Waals surface area contributed by atoms with Gasteiger partial charge in [-0.25, -0.2) is 13.8 Å². The summed E-state index contributed by atoms with van der Waals surface area (Å²) in [6.07, 6.45) is 3.56. The van der Waals surface area contributed by atoms with Crippen LogP contribution in [-0.4, -0.2) is 38.1 Å². The molecule has 1 atom stereocenters. The molecule has 0 spiro atoms. The molecule has 2 aromatic carbocycles. The normalized spacial score (nSPS) is 19.1. The molecule has 0 aliphatic carbocycles. The molecule has 2 fully saturated rings. The summed E-state index contributed by atoms with van der Waals surface area (Å²) in [6, 6.07) is 10.3. The van der Waals surface area contributed by atoms with Crippen LogP contribution in [0.2, 0.25) is 5.02 Å². The summed E-state index contributed by atoms with van der Waals surface area (Å²) in [4.78, 5) is 18.3. The van der Waals surface area contributed by atoms with Gasteiger partial charge in [-0.15, -0.1) is 0 Å². The maximum atomic E-state index is 14.9. The third-order valence-corrected chi connectivity index (χ3v) is 6.52. The second-order valence-corrected chi connectivity index (χ2v) is 9.30. The van der Waals surface area contributed by atoms with Crippen LogP contribution in [0.15, 0.2) is 59.7 Å². The number of benzene rings is 2. The van der Waals surface area contributed by atoms with Gasteiger partial charge in [0.05, 0.1) is 12.0 Å². The Morgan fingerprint density at radius 1 is 1.28 bits per heavy atom. The van der Waals surface area contributed by atoms with Crippen LogP contribution in [0.25, 0.3) is 5.76 Å². The Hall–Kier alpha value is -3.39. The molecular weight excluding hydrogens is 486 g/mol. The maximum absolute atomic E-state index is 14.9. The molecule has 2 heterocycles. The number of piperidine rings is 1. The summed E-state index contributed by atoms with van der Waals surface area (Å²) >= 11 is 6.00. The van der Waals surface area contributed by atoms with E-state index in [0.717, 1.165) is 12.0 Å². The van der Waals surface area contributed by atoms with Crippen LogP contribution in [0.4, 0.5) is 14.5 Å². The number of hydrogen-bond acceptors (Lipinski definition) is 4. The number of amides is 1. The third kappa shape index (κ3) is 5.70. The summed E-state index contributed by atoms with van der Waals surface area (Å²) in [5.41, 5.74) is 1.68. The smallest absolute Gasteiger partial charge is 0.290 e. The number of allylic oxidation sites excluding steroid dienone is 2. The second kappa shape index (κ2) is 11.1. The molecule has 1 unspecified atom stereocenters. The average molecular weight is 515 g/mol. The molecule has 4 rings (SSSR count). The van der Waals surface area contributed by atoms with Crippen LogP contribution in [0.1, 0.15) is 43.2 Å². The number of anilines is 1. The van der Waals surface area contributed by atoms with Crippen molar-refractivity contribution in [3.05, 3.63) is 82.5 Å². The number of aliphatic imine (C=N–C) groups is 1. The zero-order valence-electron chi connectivity index (χ0n) is 20.3. The lowest BCUT2D eigenvalue weighted by molar-refractivity contribution is -0.123. The Bertz CT molecular complexity index is 1180. The second-order valence-electron chi connectivity index (χ2n) is 8.87. The molecule has 1 amide bonds. The first-order valence-electron chi connectivity index (χ1n) is 11.9. The standard InChI is InChI=1S/C27H29ClF2N4O2/c1-4-5-24(17-7-9-18(28)10-8-17)36-27(31-3)33-19-14-34(15-19)20-12-22(29)25(23(30)13-20)21-11-6-16(2)32-26(21)35/h5,7-10,12-13,19,21H,2,4,6,11,14-15H2,1,3H3,(H,31,33)(H,32,35)/b24-5+. The lowest BCUT2D eigenvalue weighted by atomic mass is 9.88. The quantitative estimate of drug-likeness (QED) is 0.309. The highest BCUT2D eigenvalue weighted by molar-refractivity contribution is 6.30. The molecule has 9 heteroatoms. The zero-order chi connectivity index (χ0) is 25.8. The minimum atomic E-state index is -0.859. The molecule has 2 N–H and O–H groups in total. The monoisotopic (exact) mass is 514 g/mol. The van der Waals surface area contributed by atoms with Crippen LogP contribution in [0, 0.1) is 11.6 Å². The van der Waals surface area contributed by atoms with Crippen molar-refractivity contribution in [2.24, 2.45) is 4.99 Å². The van der Waals surface area contributed by atoms with Crippen molar-refractivity contribution < 1.29 is 18.3 Å². The molecule has 0 bridgehead atoms.